The topological polar surface area (TPSA) is 60.0 Å². The molecule has 0 aromatic heterocycles. The maximum Gasteiger partial charge on any atom is 0.119 e. The summed E-state index contributed by atoms with van der Waals surface area (Å²) in [5, 5.41) is 13.2. The molecule has 0 heterocycles. The van der Waals surface area contributed by atoms with Crippen molar-refractivity contribution in [2.75, 3.05) is 33.0 Å². The molecule has 1 unspecified atom stereocenters. The van der Waals surface area contributed by atoms with Crippen LogP contribution in [0.4, 0.5) is 0 Å². The average Bonchev–Trinajstić information content (AvgIpc) is 2.68. The molecule has 0 aliphatic rings. The largest absolute Gasteiger partial charge is 0.491 e. The molecule has 0 amide bonds. The molecule has 2 aromatic rings. The third kappa shape index (κ3) is 9.74. The van der Waals surface area contributed by atoms with Gasteiger partial charge in [0.1, 0.15) is 30.8 Å². The highest BCUT2D eigenvalue weighted by Gasteiger charge is 2.12. The summed E-state index contributed by atoms with van der Waals surface area (Å²) < 4.78 is 16.9. The molecule has 0 saturated heterocycles. The van der Waals surface area contributed by atoms with Crippen LogP contribution in [0, 0.1) is 0 Å². The minimum Gasteiger partial charge on any atom is -0.491 e. The number of aliphatic hydroxyl groups is 1. The Morgan fingerprint density at radius 1 is 0.857 bits per heavy atom. The van der Waals surface area contributed by atoms with Crippen molar-refractivity contribution in [1.82, 2.24) is 5.32 Å². The summed E-state index contributed by atoms with van der Waals surface area (Å²) in [7, 11) is 0. The molecule has 0 aliphatic heterocycles. The van der Waals surface area contributed by atoms with E-state index < -0.39 is 6.10 Å². The zero-order chi connectivity index (χ0) is 20.2. The normalized spacial score (nSPS) is 12.6. The Hall–Kier alpha value is -2.08. The number of hydrogen-bond donors (Lipinski definition) is 2. The van der Waals surface area contributed by atoms with Gasteiger partial charge in [0, 0.05) is 12.1 Å². The molecular formula is C23H33NO4. The van der Waals surface area contributed by atoms with Gasteiger partial charge in [0.15, 0.2) is 0 Å². The SMILES string of the molecule is CC(C)(C)NCC(O)COc1ccc(OCCOCCc2ccccc2)cc1. The number of rotatable bonds is 12. The summed E-state index contributed by atoms with van der Waals surface area (Å²) in [6, 6.07) is 17.7. The first kappa shape index (κ1) is 22.2. The van der Waals surface area contributed by atoms with Gasteiger partial charge in [-0.3, -0.25) is 0 Å². The molecule has 0 spiro atoms. The first-order valence-electron chi connectivity index (χ1n) is 9.83. The fourth-order valence-corrected chi connectivity index (χ4v) is 2.46. The predicted octanol–water partition coefficient (Wildman–Crippen LogP) is 3.45. The molecule has 28 heavy (non-hydrogen) atoms. The Morgan fingerprint density at radius 2 is 1.50 bits per heavy atom. The van der Waals surface area contributed by atoms with Crippen LogP contribution in [0.25, 0.3) is 0 Å². The second-order valence-electron chi connectivity index (χ2n) is 7.76. The van der Waals surface area contributed by atoms with Crippen LogP contribution in [0.3, 0.4) is 0 Å². The predicted molar refractivity (Wildman–Crippen MR) is 112 cm³/mol. The lowest BCUT2D eigenvalue weighted by Gasteiger charge is -2.23. The fraction of sp³-hybridized carbons (Fsp3) is 0.478. The van der Waals surface area contributed by atoms with Gasteiger partial charge in [0.2, 0.25) is 0 Å². The molecule has 5 nitrogen and oxygen atoms in total. The minimum atomic E-state index is -0.553. The summed E-state index contributed by atoms with van der Waals surface area (Å²) >= 11 is 0. The number of benzene rings is 2. The molecule has 0 fully saturated rings. The highest BCUT2D eigenvalue weighted by atomic mass is 16.5. The highest BCUT2D eigenvalue weighted by molar-refractivity contribution is 5.31. The van der Waals surface area contributed by atoms with Crippen molar-refractivity contribution in [2.24, 2.45) is 0 Å². The Labute approximate surface area is 168 Å². The van der Waals surface area contributed by atoms with Crippen LogP contribution in [0.2, 0.25) is 0 Å². The van der Waals surface area contributed by atoms with E-state index in [1.54, 1.807) is 0 Å². The number of ether oxygens (including phenoxy) is 3. The molecule has 0 radical (unpaired) electrons. The summed E-state index contributed by atoms with van der Waals surface area (Å²) in [6.07, 6.45) is 0.354. The molecule has 0 saturated carbocycles. The van der Waals surface area contributed by atoms with Crippen LogP contribution < -0.4 is 14.8 Å². The average molecular weight is 388 g/mol. The first-order valence-corrected chi connectivity index (χ1v) is 9.83. The van der Waals surface area contributed by atoms with Crippen LogP contribution >= 0.6 is 0 Å². The van der Waals surface area contributed by atoms with Crippen molar-refractivity contribution in [3.63, 3.8) is 0 Å². The van der Waals surface area contributed by atoms with E-state index in [0.29, 0.717) is 32.1 Å². The van der Waals surface area contributed by atoms with Crippen molar-refractivity contribution in [3.8, 4) is 11.5 Å². The second-order valence-corrected chi connectivity index (χ2v) is 7.76. The van der Waals surface area contributed by atoms with Crippen molar-refractivity contribution >= 4 is 0 Å². The fourth-order valence-electron chi connectivity index (χ4n) is 2.46. The Kier molecular flexibility index (Phi) is 9.28. The lowest BCUT2D eigenvalue weighted by molar-refractivity contribution is 0.0993. The van der Waals surface area contributed by atoms with Gasteiger partial charge in [-0.2, -0.15) is 0 Å². The van der Waals surface area contributed by atoms with E-state index in [1.807, 2.05) is 42.5 Å². The van der Waals surface area contributed by atoms with Crippen molar-refractivity contribution in [1.29, 1.82) is 0 Å². The van der Waals surface area contributed by atoms with Crippen molar-refractivity contribution < 1.29 is 19.3 Å². The zero-order valence-corrected chi connectivity index (χ0v) is 17.2. The highest BCUT2D eigenvalue weighted by Crippen LogP contribution is 2.17. The molecule has 2 rings (SSSR count). The zero-order valence-electron chi connectivity index (χ0n) is 17.2. The van der Waals surface area contributed by atoms with Gasteiger partial charge < -0.3 is 24.6 Å². The molecule has 154 valence electrons. The van der Waals surface area contributed by atoms with E-state index >= 15 is 0 Å². The van der Waals surface area contributed by atoms with Crippen LogP contribution in [-0.4, -0.2) is 49.7 Å². The van der Waals surface area contributed by atoms with Gasteiger partial charge in [-0.25, -0.2) is 0 Å². The molecule has 0 aliphatic carbocycles. The van der Waals surface area contributed by atoms with E-state index in [9.17, 15) is 5.11 Å². The molecule has 1 atom stereocenters. The van der Waals surface area contributed by atoms with Crippen LogP contribution in [0.15, 0.2) is 54.6 Å². The lowest BCUT2D eigenvalue weighted by Crippen LogP contribution is -2.42. The summed E-state index contributed by atoms with van der Waals surface area (Å²) in [5.74, 6) is 1.48. The lowest BCUT2D eigenvalue weighted by atomic mass is 10.1. The van der Waals surface area contributed by atoms with E-state index in [2.05, 4.69) is 38.2 Å². The van der Waals surface area contributed by atoms with E-state index in [-0.39, 0.29) is 12.1 Å². The minimum absolute atomic E-state index is 0.0226. The number of β-amino-alcohol motifs (C(OH)–C–C–N with tert-alkyl or cyclic N) is 1. The van der Waals surface area contributed by atoms with E-state index in [0.717, 1.165) is 12.2 Å². The van der Waals surface area contributed by atoms with Crippen LogP contribution in [-0.2, 0) is 11.2 Å². The van der Waals surface area contributed by atoms with Gasteiger partial charge in [-0.05, 0) is 57.0 Å². The smallest absolute Gasteiger partial charge is 0.119 e. The van der Waals surface area contributed by atoms with Crippen molar-refractivity contribution in [3.05, 3.63) is 60.2 Å². The van der Waals surface area contributed by atoms with Gasteiger partial charge in [0.05, 0.1) is 13.2 Å². The summed E-state index contributed by atoms with van der Waals surface area (Å²) in [5.41, 5.74) is 1.25. The second kappa shape index (κ2) is 11.7. The molecule has 2 aromatic carbocycles. The van der Waals surface area contributed by atoms with Gasteiger partial charge in [-0.1, -0.05) is 30.3 Å². The van der Waals surface area contributed by atoms with E-state index in [4.69, 9.17) is 14.2 Å². The van der Waals surface area contributed by atoms with Gasteiger partial charge in [-0.15, -0.1) is 0 Å². The van der Waals surface area contributed by atoms with E-state index in [1.165, 1.54) is 5.56 Å². The van der Waals surface area contributed by atoms with Crippen LogP contribution in [0.1, 0.15) is 26.3 Å². The summed E-state index contributed by atoms with van der Waals surface area (Å²) in [6.45, 7) is 8.68. The molecule has 0 bridgehead atoms. The first-order chi connectivity index (χ1) is 13.4. The monoisotopic (exact) mass is 387 g/mol. The number of nitrogens with one attached hydrogen (secondary N) is 1. The van der Waals surface area contributed by atoms with Crippen molar-refractivity contribution in [2.45, 2.75) is 38.8 Å². The summed E-state index contributed by atoms with van der Waals surface area (Å²) in [4.78, 5) is 0. The van der Waals surface area contributed by atoms with Gasteiger partial charge >= 0.3 is 0 Å². The Balaban J connectivity index is 1.56. The Bertz CT molecular complexity index is 653. The Morgan fingerprint density at radius 3 is 2.14 bits per heavy atom. The third-order valence-electron chi connectivity index (χ3n) is 4.01. The van der Waals surface area contributed by atoms with Crippen LogP contribution in [0.5, 0.6) is 11.5 Å². The maximum atomic E-state index is 9.96. The molecule has 2 N–H and O–H groups in total. The molecule has 5 heteroatoms. The maximum absolute atomic E-state index is 9.96. The standard InChI is InChI=1S/C23H33NO4/c1-23(2,3)24-17-20(25)18-28-22-11-9-21(10-12-22)27-16-15-26-14-13-19-7-5-4-6-8-19/h4-12,20,24-25H,13-18H2,1-3H3. The quantitative estimate of drug-likeness (QED) is 0.546. The third-order valence-corrected chi connectivity index (χ3v) is 4.01. The van der Waals surface area contributed by atoms with Gasteiger partial charge in [0.25, 0.3) is 0 Å². The number of hydrogen-bond acceptors (Lipinski definition) is 5. The molecular weight excluding hydrogens is 354 g/mol. The number of aliphatic hydroxyl groups excluding tert-OH is 1.